The summed E-state index contributed by atoms with van der Waals surface area (Å²) < 4.78 is 21.9. The van der Waals surface area contributed by atoms with E-state index in [4.69, 9.17) is 24.7 Å². The number of amides is 2. The van der Waals surface area contributed by atoms with Crippen molar-refractivity contribution in [2.45, 2.75) is 65.0 Å². The number of ketones is 2. The van der Waals surface area contributed by atoms with Crippen LogP contribution in [0.4, 0.5) is 4.79 Å². The van der Waals surface area contributed by atoms with E-state index >= 15 is 0 Å². The van der Waals surface area contributed by atoms with Crippen LogP contribution in [0.5, 0.6) is 0 Å². The van der Waals surface area contributed by atoms with Gasteiger partial charge in [-0.3, -0.25) is 14.4 Å². The lowest BCUT2D eigenvalue weighted by Crippen LogP contribution is -2.37. The average molecular weight is 587 g/mol. The Kier molecular flexibility index (Phi) is 12.6. The Labute approximate surface area is 246 Å². The lowest BCUT2D eigenvalue weighted by Gasteiger charge is -2.30. The highest BCUT2D eigenvalue weighted by molar-refractivity contribution is 6.26. The van der Waals surface area contributed by atoms with Crippen LogP contribution in [0.1, 0.15) is 40.5 Å². The molecule has 4 N–H and O–H groups in total. The number of fused-ring (bicyclic) bond motifs is 2. The summed E-state index contributed by atoms with van der Waals surface area (Å²) in [5.74, 6) is -2.57. The fourth-order valence-electron chi connectivity index (χ4n) is 5.06. The summed E-state index contributed by atoms with van der Waals surface area (Å²) in [6, 6.07) is 0. The second-order valence-electron chi connectivity index (χ2n) is 10.5. The number of hydrogen-bond donors (Lipinski definition) is 3. The molecule has 0 fully saturated rings. The molecule has 0 spiro atoms. The van der Waals surface area contributed by atoms with Crippen LogP contribution < -0.4 is 11.1 Å². The van der Waals surface area contributed by atoms with Crippen LogP contribution in [0.15, 0.2) is 70.7 Å². The van der Waals surface area contributed by atoms with Crippen molar-refractivity contribution in [3.63, 3.8) is 0 Å². The molecule has 0 radical (unpaired) electrons. The summed E-state index contributed by atoms with van der Waals surface area (Å²) >= 11 is 0. The number of rotatable bonds is 5. The summed E-state index contributed by atoms with van der Waals surface area (Å²) in [5.41, 5.74) is 5.96. The summed E-state index contributed by atoms with van der Waals surface area (Å²) in [7, 11) is 4.20. The first-order chi connectivity index (χ1) is 19.8. The van der Waals surface area contributed by atoms with Gasteiger partial charge < -0.3 is 35.1 Å². The van der Waals surface area contributed by atoms with Gasteiger partial charge in [0.25, 0.3) is 5.91 Å². The molecule has 2 bridgehead atoms. The largest absolute Gasteiger partial charge is 0.492 e. The Bertz CT molecular complexity index is 1240. The molecule has 230 valence electrons. The number of primary amides is 1. The molecule has 11 heteroatoms. The van der Waals surface area contributed by atoms with Gasteiger partial charge in [-0.15, -0.1) is 0 Å². The second-order valence-corrected chi connectivity index (χ2v) is 10.5. The lowest BCUT2D eigenvalue weighted by atomic mass is 9.83. The van der Waals surface area contributed by atoms with E-state index in [9.17, 15) is 24.3 Å². The third-order valence-electron chi connectivity index (χ3n) is 7.35. The highest BCUT2D eigenvalue weighted by Crippen LogP contribution is 2.32. The number of hydrogen-bond acceptors (Lipinski definition) is 9. The Balaban J connectivity index is 2.69. The minimum Gasteiger partial charge on any atom is -0.492 e. The van der Waals surface area contributed by atoms with Gasteiger partial charge in [0.15, 0.2) is 11.9 Å². The molecule has 1 aliphatic heterocycles. The topological polar surface area (TPSA) is 163 Å². The summed E-state index contributed by atoms with van der Waals surface area (Å²) in [6.45, 7) is 10.5. The molecule has 0 unspecified atom stereocenters. The van der Waals surface area contributed by atoms with Crippen molar-refractivity contribution in [3.8, 4) is 0 Å². The number of aliphatic hydroxyl groups is 1. The molecule has 1 heterocycles. The molecule has 11 nitrogen and oxygen atoms in total. The van der Waals surface area contributed by atoms with E-state index in [1.807, 2.05) is 6.92 Å². The van der Waals surface area contributed by atoms with Crippen molar-refractivity contribution in [1.29, 1.82) is 0 Å². The van der Waals surface area contributed by atoms with Crippen molar-refractivity contribution in [1.82, 2.24) is 5.32 Å². The van der Waals surface area contributed by atoms with Crippen molar-refractivity contribution in [2.75, 3.05) is 21.3 Å². The van der Waals surface area contributed by atoms with Gasteiger partial charge in [0.05, 0.1) is 24.9 Å². The predicted molar refractivity (Wildman–Crippen MR) is 156 cm³/mol. The van der Waals surface area contributed by atoms with E-state index < -0.39 is 53.9 Å². The number of carbonyl (C=O) groups is 4. The number of aliphatic hydroxyl groups excluding tert-OH is 1. The van der Waals surface area contributed by atoms with Crippen LogP contribution in [-0.4, -0.2) is 74.4 Å². The Morgan fingerprint density at radius 2 is 1.79 bits per heavy atom. The second kappa shape index (κ2) is 15.4. The minimum absolute atomic E-state index is 0.0812. The van der Waals surface area contributed by atoms with Crippen LogP contribution in [0.25, 0.3) is 0 Å². The fraction of sp³-hybridized carbons (Fsp3) is 0.484. The molecule has 0 saturated carbocycles. The monoisotopic (exact) mass is 586 g/mol. The molecule has 0 aromatic heterocycles. The van der Waals surface area contributed by atoms with Gasteiger partial charge in [0.2, 0.25) is 11.6 Å². The van der Waals surface area contributed by atoms with Gasteiger partial charge in [0.1, 0.15) is 11.8 Å². The zero-order valence-corrected chi connectivity index (χ0v) is 25.3. The van der Waals surface area contributed by atoms with Crippen molar-refractivity contribution >= 4 is 23.6 Å². The van der Waals surface area contributed by atoms with Gasteiger partial charge in [0, 0.05) is 31.3 Å². The third kappa shape index (κ3) is 8.15. The maximum atomic E-state index is 13.7. The maximum Gasteiger partial charge on any atom is 0.405 e. The fourth-order valence-corrected chi connectivity index (χ4v) is 5.06. The molecule has 0 saturated heterocycles. The first-order valence-corrected chi connectivity index (χ1v) is 13.6. The van der Waals surface area contributed by atoms with Crippen LogP contribution in [0.2, 0.25) is 0 Å². The van der Waals surface area contributed by atoms with E-state index in [2.05, 4.69) is 11.9 Å². The number of carbonyl (C=O) groups excluding carboxylic acids is 4. The first kappa shape index (κ1) is 34.4. The highest BCUT2D eigenvalue weighted by Gasteiger charge is 2.37. The molecule has 1 aliphatic carbocycles. The molecular weight excluding hydrogens is 544 g/mol. The zero-order chi connectivity index (χ0) is 31.7. The Morgan fingerprint density at radius 1 is 1.12 bits per heavy atom. The average Bonchev–Trinajstić information content (AvgIpc) is 2.94. The third-order valence-corrected chi connectivity index (χ3v) is 7.35. The summed E-state index contributed by atoms with van der Waals surface area (Å²) in [4.78, 5) is 51.7. The standard InChI is InChI=1S/C31H42N2O9/c1-9-20-24-26(35)21(29(41-8)27(20)36)13-16(2)14-23(40-7)25(34)18(4)15-19(5)28(42-31(32)38)22(39-6)12-10-11-17(3)30(37)33-24/h9-12,15-16,18,22-23,25,28,34H,1,13-14H2,2-8H3,(H2,32,38)(H,33,37)/b12-10-,17-11+,19-15+/t16-,18+,22-,23+,25-,28+/m1/s1. The Hall–Kier alpha value is -3.80. The molecule has 0 aromatic rings. The number of ether oxygens (including phenoxy) is 4. The molecule has 0 aromatic carbocycles. The number of nitrogens with one attached hydrogen (secondary N) is 1. The van der Waals surface area contributed by atoms with Gasteiger partial charge in [-0.25, -0.2) is 4.79 Å². The van der Waals surface area contributed by atoms with Gasteiger partial charge >= 0.3 is 6.09 Å². The van der Waals surface area contributed by atoms with E-state index in [1.54, 1.807) is 26.0 Å². The van der Waals surface area contributed by atoms with E-state index in [-0.39, 0.29) is 40.5 Å². The summed E-state index contributed by atoms with van der Waals surface area (Å²) in [5, 5.41) is 13.8. The van der Waals surface area contributed by atoms with Crippen LogP contribution >= 0.6 is 0 Å². The van der Waals surface area contributed by atoms with Crippen LogP contribution in [0, 0.1) is 11.8 Å². The van der Waals surface area contributed by atoms with E-state index in [1.165, 1.54) is 46.5 Å². The first-order valence-electron chi connectivity index (χ1n) is 13.6. The normalized spacial score (nSPS) is 31.9. The smallest absolute Gasteiger partial charge is 0.405 e. The van der Waals surface area contributed by atoms with Crippen molar-refractivity contribution in [3.05, 3.63) is 70.7 Å². The molecule has 6 atom stereocenters. The highest BCUT2D eigenvalue weighted by atomic mass is 16.6. The minimum atomic E-state index is -1.01. The number of allylic oxidation sites excluding steroid dienone is 5. The van der Waals surface area contributed by atoms with E-state index in [0.717, 1.165) is 0 Å². The van der Waals surface area contributed by atoms with E-state index in [0.29, 0.717) is 12.0 Å². The molecule has 42 heavy (non-hydrogen) atoms. The van der Waals surface area contributed by atoms with Gasteiger partial charge in [-0.2, -0.15) is 0 Å². The van der Waals surface area contributed by atoms with Crippen molar-refractivity contribution in [2.24, 2.45) is 17.6 Å². The van der Waals surface area contributed by atoms with Gasteiger partial charge in [-0.05, 0) is 38.2 Å². The van der Waals surface area contributed by atoms with Crippen molar-refractivity contribution < 1.29 is 43.2 Å². The zero-order valence-electron chi connectivity index (χ0n) is 25.3. The lowest BCUT2D eigenvalue weighted by molar-refractivity contribution is -0.121. The van der Waals surface area contributed by atoms with Gasteiger partial charge in [-0.1, -0.05) is 50.8 Å². The number of methoxy groups -OCH3 is 3. The number of Topliss-reactive ketones (excluding diaryl/α,β-unsaturated/α-hetero) is 2. The SMILES string of the molecule is C=CC1=C2NC(=O)/C(C)=C/C=C\[C@@H](OC)[C@@H](OC(N)=O)/C(C)=C/[C@H](C)[C@@H](O)[C@@H](OC)C[C@H](C)CC(=C(OC)C1=O)C2=O. The van der Waals surface area contributed by atoms with Crippen LogP contribution in [0.3, 0.4) is 0 Å². The molecular formula is C31H42N2O9. The Morgan fingerprint density at radius 3 is 2.33 bits per heavy atom. The van der Waals surface area contributed by atoms with Crippen LogP contribution in [-0.2, 0) is 33.3 Å². The maximum absolute atomic E-state index is 13.7. The molecule has 2 amide bonds. The predicted octanol–water partition coefficient (Wildman–Crippen LogP) is 2.96. The molecule has 2 aliphatic rings. The summed E-state index contributed by atoms with van der Waals surface area (Å²) in [6.07, 6.45) is 3.63. The quantitative estimate of drug-likeness (QED) is 0.325. The molecule has 2 rings (SSSR count). The number of nitrogens with two attached hydrogens (primary N) is 1.